The molecular formula is C25H30N6O2. The molecule has 1 heterocycles. The predicted octanol–water partition coefficient (Wildman–Crippen LogP) is 3.61. The molecular weight excluding hydrogens is 416 g/mol. The van der Waals surface area contributed by atoms with Gasteiger partial charge in [0.1, 0.15) is 11.4 Å². The number of nitrogens with two attached hydrogens (primary N) is 1. The number of hydrogen-bond donors (Lipinski definition) is 3. The number of H-pyrrole nitrogens is 1. The summed E-state index contributed by atoms with van der Waals surface area (Å²) in [4.78, 5) is 33.4. The van der Waals surface area contributed by atoms with Gasteiger partial charge < -0.3 is 16.0 Å². The number of hydrogen-bond acceptors (Lipinski definition) is 5. The Hall–Kier alpha value is -3.68. The van der Waals surface area contributed by atoms with Gasteiger partial charge in [0.15, 0.2) is 0 Å². The summed E-state index contributed by atoms with van der Waals surface area (Å²) in [6.45, 7) is 2.30. The Balaban J connectivity index is 1.69. The van der Waals surface area contributed by atoms with Crippen molar-refractivity contribution in [3.8, 4) is 0 Å². The Morgan fingerprint density at radius 1 is 1.06 bits per heavy atom. The van der Waals surface area contributed by atoms with E-state index in [1.54, 1.807) is 4.90 Å². The number of rotatable bonds is 7. The maximum Gasteiger partial charge on any atom is 0.250 e. The quantitative estimate of drug-likeness (QED) is 0.513. The number of aromatic nitrogens is 3. The van der Waals surface area contributed by atoms with Crippen molar-refractivity contribution < 1.29 is 9.59 Å². The van der Waals surface area contributed by atoms with Crippen molar-refractivity contribution in [1.82, 2.24) is 20.1 Å². The van der Waals surface area contributed by atoms with Crippen molar-refractivity contribution >= 4 is 23.5 Å². The molecule has 0 atom stereocenters. The first-order valence-corrected chi connectivity index (χ1v) is 11.4. The summed E-state index contributed by atoms with van der Waals surface area (Å²) >= 11 is 0. The summed E-state index contributed by atoms with van der Waals surface area (Å²) in [6, 6.07) is 17.5. The second-order valence-corrected chi connectivity index (χ2v) is 8.64. The molecule has 8 heteroatoms. The second kappa shape index (κ2) is 9.85. The van der Waals surface area contributed by atoms with Crippen LogP contribution in [0.5, 0.6) is 0 Å². The molecule has 172 valence electrons. The van der Waals surface area contributed by atoms with Gasteiger partial charge in [0, 0.05) is 12.2 Å². The number of nitrogen functional groups attached to an aromatic ring is 1. The summed E-state index contributed by atoms with van der Waals surface area (Å²) in [7, 11) is 0. The summed E-state index contributed by atoms with van der Waals surface area (Å²) in [5.74, 6) is 0.160. The van der Waals surface area contributed by atoms with Crippen molar-refractivity contribution in [3.05, 3.63) is 71.5 Å². The van der Waals surface area contributed by atoms with Crippen LogP contribution in [0.1, 0.15) is 49.1 Å². The zero-order valence-electron chi connectivity index (χ0n) is 18.9. The number of nitrogens with one attached hydrogen (secondary N) is 2. The number of benzene rings is 2. The minimum Gasteiger partial charge on any atom is -0.367 e. The fourth-order valence-corrected chi connectivity index (χ4v) is 4.58. The van der Waals surface area contributed by atoms with Crippen LogP contribution in [0.25, 0.3) is 0 Å². The van der Waals surface area contributed by atoms with Crippen LogP contribution in [-0.2, 0) is 22.6 Å². The van der Waals surface area contributed by atoms with E-state index in [-0.39, 0.29) is 24.2 Å². The standard InChI is InChI=1S/C25H30N6O2/c1-18-10-6-7-13-20(18)27-23(33)25(14-8-3-9-15-25)31(17-19-11-4-2-5-12-19)22(32)16-21-28-24(26)30-29-21/h2,4-7,10-13H,3,8-9,14-17H2,1H3,(H,27,33)(H3,26,28,29,30). The van der Waals surface area contributed by atoms with Crippen LogP contribution in [-0.4, -0.2) is 37.4 Å². The van der Waals surface area contributed by atoms with Crippen LogP contribution in [0.4, 0.5) is 11.6 Å². The molecule has 1 aliphatic carbocycles. The number of aryl methyl sites for hydroxylation is 1. The number of nitrogens with zero attached hydrogens (tertiary/aromatic N) is 3. The maximum atomic E-state index is 13.9. The van der Waals surface area contributed by atoms with Crippen LogP contribution in [0.3, 0.4) is 0 Å². The molecule has 1 aliphatic rings. The van der Waals surface area contributed by atoms with Crippen LogP contribution < -0.4 is 11.1 Å². The highest BCUT2D eigenvalue weighted by atomic mass is 16.2. The molecule has 2 amide bonds. The van der Waals surface area contributed by atoms with Crippen molar-refractivity contribution in [2.75, 3.05) is 11.1 Å². The van der Waals surface area contributed by atoms with Gasteiger partial charge in [-0.1, -0.05) is 67.8 Å². The molecule has 0 aliphatic heterocycles. The van der Waals surface area contributed by atoms with E-state index in [0.29, 0.717) is 25.2 Å². The van der Waals surface area contributed by atoms with Gasteiger partial charge in [0.25, 0.3) is 0 Å². The third-order valence-electron chi connectivity index (χ3n) is 6.37. The average molecular weight is 447 g/mol. The average Bonchev–Trinajstić information content (AvgIpc) is 3.24. The van der Waals surface area contributed by atoms with E-state index in [4.69, 9.17) is 5.73 Å². The van der Waals surface area contributed by atoms with Crippen molar-refractivity contribution in [3.63, 3.8) is 0 Å². The smallest absolute Gasteiger partial charge is 0.250 e. The molecule has 0 bridgehead atoms. The maximum absolute atomic E-state index is 13.9. The van der Waals surface area contributed by atoms with E-state index < -0.39 is 5.54 Å². The monoisotopic (exact) mass is 446 g/mol. The Kier molecular flexibility index (Phi) is 6.72. The Labute approximate surface area is 193 Å². The summed E-state index contributed by atoms with van der Waals surface area (Å²) in [5, 5.41) is 9.67. The lowest BCUT2D eigenvalue weighted by Gasteiger charge is -2.45. The van der Waals surface area contributed by atoms with Crippen molar-refractivity contribution in [2.45, 2.75) is 57.5 Å². The molecule has 0 unspecified atom stereocenters. The zero-order chi connectivity index (χ0) is 23.3. The van der Waals surface area contributed by atoms with Gasteiger partial charge in [-0.3, -0.25) is 14.7 Å². The van der Waals surface area contributed by atoms with Gasteiger partial charge in [-0.15, -0.1) is 5.10 Å². The van der Waals surface area contributed by atoms with Gasteiger partial charge in [-0.25, -0.2) is 0 Å². The predicted molar refractivity (Wildman–Crippen MR) is 127 cm³/mol. The van der Waals surface area contributed by atoms with Gasteiger partial charge in [0.05, 0.1) is 6.42 Å². The molecule has 2 aromatic carbocycles. The molecule has 1 aromatic heterocycles. The molecule has 0 saturated heterocycles. The Morgan fingerprint density at radius 3 is 2.42 bits per heavy atom. The lowest BCUT2D eigenvalue weighted by atomic mass is 9.78. The van der Waals surface area contributed by atoms with Crippen LogP contribution in [0, 0.1) is 6.92 Å². The minimum atomic E-state index is -0.945. The highest BCUT2D eigenvalue weighted by Gasteiger charge is 2.47. The second-order valence-electron chi connectivity index (χ2n) is 8.64. The van der Waals surface area contributed by atoms with E-state index in [1.165, 1.54) is 0 Å². The van der Waals surface area contributed by atoms with E-state index in [0.717, 1.165) is 36.1 Å². The number of amides is 2. The molecule has 0 spiro atoms. The van der Waals surface area contributed by atoms with Crippen molar-refractivity contribution in [1.29, 1.82) is 0 Å². The van der Waals surface area contributed by atoms with Gasteiger partial charge in [-0.05, 0) is 37.0 Å². The number of aromatic amines is 1. The van der Waals surface area contributed by atoms with Gasteiger partial charge in [0.2, 0.25) is 17.8 Å². The minimum absolute atomic E-state index is 0.00354. The van der Waals surface area contributed by atoms with Crippen molar-refractivity contribution in [2.24, 2.45) is 0 Å². The fraction of sp³-hybridized carbons (Fsp3) is 0.360. The first-order chi connectivity index (χ1) is 16.0. The van der Waals surface area contributed by atoms with Crippen LogP contribution in [0.15, 0.2) is 54.6 Å². The topological polar surface area (TPSA) is 117 Å². The van der Waals surface area contributed by atoms with Crippen LogP contribution >= 0.6 is 0 Å². The normalized spacial score (nSPS) is 15.1. The molecule has 1 saturated carbocycles. The molecule has 33 heavy (non-hydrogen) atoms. The number of para-hydroxylation sites is 1. The SMILES string of the molecule is Cc1ccccc1NC(=O)C1(N(Cc2ccccc2)C(=O)Cc2nc(N)n[nH]2)CCCCC1. The summed E-state index contributed by atoms with van der Waals surface area (Å²) in [6.07, 6.45) is 4.04. The van der Waals surface area contributed by atoms with Gasteiger partial charge >= 0.3 is 0 Å². The third kappa shape index (κ3) is 5.05. The van der Waals surface area contributed by atoms with E-state index in [1.807, 2.05) is 61.5 Å². The summed E-state index contributed by atoms with van der Waals surface area (Å²) in [5.41, 5.74) is 7.40. The molecule has 4 rings (SSSR count). The lowest BCUT2D eigenvalue weighted by molar-refractivity contribution is -0.148. The van der Waals surface area contributed by atoms with Gasteiger partial charge in [-0.2, -0.15) is 4.98 Å². The first-order valence-electron chi connectivity index (χ1n) is 11.4. The lowest BCUT2D eigenvalue weighted by Crippen LogP contribution is -2.60. The molecule has 4 N–H and O–H groups in total. The van der Waals surface area contributed by atoms with Crippen LogP contribution in [0.2, 0.25) is 0 Å². The third-order valence-corrected chi connectivity index (χ3v) is 6.37. The Bertz CT molecular complexity index is 1100. The molecule has 1 fully saturated rings. The molecule has 3 aromatic rings. The number of carbonyl (C=O) groups excluding carboxylic acids is 2. The van der Waals surface area contributed by atoms with E-state index in [9.17, 15) is 9.59 Å². The highest BCUT2D eigenvalue weighted by molar-refractivity contribution is 6.01. The Morgan fingerprint density at radius 2 is 1.76 bits per heavy atom. The molecule has 8 nitrogen and oxygen atoms in total. The number of carbonyl (C=O) groups is 2. The van der Waals surface area contributed by atoms with E-state index in [2.05, 4.69) is 20.5 Å². The highest BCUT2D eigenvalue weighted by Crippen LogP contribution is 2.37. The zero-order valence-corrected chi connectivity index (χ0v) is 18.9. The summed E-state index contributed by atoms with van der Waals surface area (Å²) < 4.78 is 0. The molecule has 0 radical (unpaired) electrons. The fourth-order valence-electron chi connectivity index (χ4n) is 4.58. The van der Waals surface area contributed by atoms with E-state index >= 15 is 0 Å². The number of anilines is 2. The first kappa shape index (κ1) is 22.5. The largest absolute Gasteiger partial charge is 0.367 e.